The molecule has 0 aliphatic carbocycles. The van der Waals surface area contributed by atoms with Gasteiger partial charge < -0.3 is 15.5 Å². The summed E-state index contributed by atoms with van der Waals surface area (Å²) >= 11 is 1.59. The molecule has 94 valence electrons. The van der Waals surface area contributed by atoms with Crippen molar-refractivity contribution in [2.24, 2.45) is 0 Å². The fraction of sp³-hybridized carbons (Fsp3) is 0.455. The standard InChI is InChI=1S/C11H15NO4S/c13-10(14)5-6-12-9(11(15)16)4-3-8-2-1-7-17-8/h1-2,7,9,12H,3-6H2,(H,13,14)(H,15,16)/t9-/m1/s1. The van der Waals surface area contributed by atoms with Gasteiger partial charge in [0.05, 0.1) is 6.42 Å². The molecule has 0 aromatic carbocycles. The van der Waals surface area contributed by atoms with Crippen molar-refractivity contribution >= 4 is 23.3 Å². The van der Waals surface area contributed by atoms with Crippen LogP contribution in [0.5, 0.6) is 0 Å². The lowest BCUT2D eigenvalue weighted by Crippen LogP contribution is -2.38. The molecule has 0 unspecified atom stereocenters. The number of rotatable bonds is 8. The van der Waals surface area contributed by atoms with Gasteiger partial charge in [-0.2, -0.15) is 0 Å². The summed E-state index contributed by atoms with van der Waals surface area (Å²) in [6.07, 6.45) is 1.09. The van der Waals surface area contributed by atoms with Gasteiger partial charge in [-0.15, -0.1) is 11.3 Å². The summed E-state index contributed by atoms with van der Waals surface area (Å²) in [6, 6.07) is 3.20. The van der Waals surface area contributed by atoms with Gasteiger partial charge >= 0.3 is 11.9 Å². The molecule has 0 aliphatic rings. The van der Waals surface area contributed by atoms with E-state index in [0.717, 1.165) is 4.88 Å². The van der Waals surface area contributed by atoms with Crippen molar-refractivity contribution in [1.29, 1.82) is 0 Å². The van der Waals surface area contributed by atoms with Crippen molar-refractivity contribution in [2.75, 3.05) is 6.54 Å². The number of carboxylic acid groups (broad SMARTS) is 2. The maximum Gasteiger partial charge on any atom is 0.320 e. The van der Waals surface area contributed by atoms with Crippen LogP contribution in [-0.2, 0) is 16.0 Å². The first-order chi connectivity index (χ1) is 8.09. The van der Waals surface area contributed by atoms with Crippen LogP contribution in [0, 0.1) is 0 Å². The Bertz CT molecular complexity index is 364. The first kappa shape index (κ1) is 13.7. The second-order valence-electron chi connectivity index (χ2n) is 3.61. The van der Waals surface area contributed by atoms with Gasteiger partial charge in [0.1, 0.15) is 6.04 Å². The predicted octanol–water partition coefficient (Wildman–Crippen LogP) is 1.20. The number of aliphatic carboxylic acids is 2. The Morgan fingerprint density at radius 3 is 2.71 bits per heavy atom. The maximum absolute atomic E-state index is 10.9. The third-order valence-electron chi connectivity index (χ3n) is 2.29. The predicted molar refractivity (Wildman–Crippen MR) is 64.3 cm³/mol. The summed E-state index contributed by atoms with van der Waals surface area (Å²) in [7, 11) is 0. The van der Waals surface area contributed by atoms with Crippen LogP contribution in [-0.4, -0.2) is 34.7 Å². The Kier molecular flexibility index (Phi) is 5.65. The van der Waals surface area contributed by atoms with E-state index in [1.165, 1.54) is 0 Å². The molecule has 3 N–H and O–H groups in total. The van der Waals surface area contributed by atoms with Crippen molar-refractivity contribution in [1.82, 2.24) is 5.32 Å². The van der Waals surface area contributed by atoms with Crippen LogP contribution < -0.4 is 5.32 Å². The van der Waals surface area contributed by atoms with E-state index in [2.05, 4.69) is 5.32 Å². The minimum absolute atomic E-state index is 0.0667. The largest absolute Gasteiger partial charge is 0.481 e. The van der Waals surface area contributed by atoms with Crippen molar-refractivity contribution in [3.63, 3.8) is 0 Å². The van der Waals surface area contributed by atoms with E-state index < -0.39 is 18.0 Å². The van der Waals surface area contributed by atoms with Crippen molar-refractivity contribution in [3.8, 4) is 0 Å². The highest BCUT2D eigenvalue weighted by Gasteiger charge is 2.16. The molecule has 1 rings (SSSR count). The Morgan fingerprint density at radius 2 is 2.18 bits per heavy atom. The highest BCUT2D eigenvalue weighted by atomic mass is 32.1. The highest BCUT2D eigenvalue weighted by Crippen LogP contribution is 2.12. The molecule has 0 spiro atoms. The summed E-state index contributed by atoms with van der Waals surface area (Å²) in [5, 5.41) is 22.1. The Hall–Kier alpha value is -1.40. The third-order valence-corrected chi connectivity index (χ3v) is 3.22. The summed E-state index contributed by atoms with van der Waals surface area (Å²) in [5.41, 5.74) is 0. The van der Waals surface area contributed by atoms with Gasteiger partial charge in [-0.1, -0.05) is 6.07 Å². The van der Waals surface area contributed by atoms with Crippen LogP contribution in [0.25, 0.3) is 0 Å². The maximum atomic E-state index is 10.9. The Balaban J connectivity index is 2.33. The average Bonchev–Trinajstić information content (AvgIpc) is 2.74. The van der Waals surface area contributed by atoms with E-state index in [0.29, 0.717) is 12.8 Å². The van der Waals surface area contributed by atoms with E-state index in [9.17, 15) is 9.59 Å². The number of carboxylic acids is 2. The number of aryl methyl sites for hydroxylation is 1. The summed E-state index contributed by atoms with van der Waals surface area (Å²) in [5.74, 6) is -1.87. The molecule has 1 aromatic rings. The molecule has 0 saturated heterocycles. The van der Waals surface area contributed by atoms with E-state index in [1.807, 2.05) is 17.5 Å². The zero-order valence-corrected chi connectivity index (χ0v) is 10.1. The minimum atomic E-state index is -0.938. The highest BCUT2D eigenvalue weighted by molar-refractivity contribution is 7.09. The van der Waals surface area contributed by atoms with Gasteiger partial charge in [0, 0.05) is 11.4 Å². The van der Waals surface area contributed by atoms with Crippen molar-refractivity contribution in [2.45, 2.75) is 25.3 Å². The van der Waals surface area contributed by atoms with E-state index in [1.54, 1.807) is 11.3 Å². The van der Waals surface area contributed by atoms with E-state index in [-0.39, 0.29) is 13.0 Å². The third kappa shape index (κ3) is 5.46. The molecule has 17 heavy (non-hydrogen) atoms. The zero-order valence-electron chi connectivity index (χ0n) is 9.26. The van der Waals surface area contributed by atoms with E-state index >= 15 is 0 Å². The second-order valence-corrected chi connectivity index (χ2v) is 4.64. The van der Waals surface area contributed by atoms with Crippen LogP contribution in [0.15, 0.2) is 17.5 Å². The lowest BCUT2D eigenvalue weighted by molar-refractivity contribution is -0.141. The number of thiophene rings is 1. The van der Waals surface area contributed by atoms with Crippen LogP contribution in [0.1, 0.15) is 17.7 Å². The van der Waals surface area contributed by atoms with Crippen LogP contribution in [0.4, 0.5) is 0 Å². The summed E-state index contributed by atoms with van der Waals surface area (Å²) < 4.78 is 0. The van der Waals surface area contributed by atoms with E-state index in [4.69, 9.17) is 10.2 Å². The smallest absolute Gasteiger partial charge is 0.320 e. The van der Waals surface area contributed by atoms with Gasteiger partial charge in [0.15, 0.2) is 0 Å². The van der Waals surface area contributed by atoms with Gasteiger partial charge in [-0.25, -0.2) is 0 Å². The second kappa shape index (κ2) is 7.03. The fourth-order valence-electron chi connectivity index (χ4n) is 1.41. The monoisotopic (exact) mass is 257 g/mol. The molecule has 1 heterocycles. The van der Waals surface area contributed by atoms with Crippen LogP contribution >= 0.6 is 11.3 Å². The molecule has 0 fully saturated rings. The molecule has 0 radical (unpaired) electrons. The normalized spacial score (nSPS) is 12.2. The van der Waals surface area contributed by atoms with Crippen LogP contribution in [0.2, 0.25) is 0 Å². The van der Waals surface area contributed by atoms with Crippen LogP contribution in [0.3, 0.4) is 0 Å². The average molecular weight is 257 g/mol. The van der Waals surface area contributed by atoms with Gasteiger partial charge in [-0.3, -0.25) is 9.59 Å². The molecule has 0 amide bonds. The molecule has 6 heteroatoms. The summed E-state index contributed by atoms with van der Waals surface area (Å²) in [4.78, 5) is 22.4. The zero-order chi connectivity index (χ0) is 12.7. The molecular formula is C11H15NO4S. The lowest BCUT2D eigenvalue weighted by Gasteiger charge is -2.12. The van der Waals surface area contributed by atoms with Gasteiger partial charge in [-0.05, 0) is 24.3 Å². The molecule has 0 aliphatic heterocycles. The van der Waals surface area contributed by atoms with Gasteiger partial charge in [0.2, 0.25) is 0 Å². The first-order valence-electron chi connectivity index (χ1n) is 5.30. The van der Waals surface area contributed by atoms with Crippen molar-refractivity contribution < 1.29 is 19.8 Å². The number of hydrogen-bond acceptors (Lipinski definition) is 4. The SMILES string of the molecule is O=C(O)CCN[C@H](CCc1cccs1)C(=O)O. The number of carbonyl (C=O) groups is 2. The molecular weight excluding hydrogens is 242 g/mol. The molecule has 1 aromatic heterocycles. The quantitative estimate of drug-likeness (QED) is 0.651. The van der Waals surface area contributed by atoms with Gasteiger partial charge in [0.25, 0.3) is 0 Å². The molecule has 1 atom stereocenters. The first-order valence-corrected chi connectivity index (χ1v) is 6.18. The Morgan fingerprint density at radius 1 is 1.41 bits per heavy atom. The molecule has 5 nitrogen and oxygen atoms in total. The molecule has 0 bridgehead atoms. The fourth-order valence-corrected chi connectivity index (χ4v) is 2.13. The lowest BCUT2D eigenvalue weighted by atomic mass is 10.1. The topological polar surface area (TPSA) is 86.6 Å². The molecule has 0 saturated carbocycles. The minimum Gasteiger partial charge on any atom is -0.481 e. The number of nitrogens with one attached hydrogen (secondary N) is 1. The van der Waals surface area contributed by atoms with Crippen molar-refractivity contribution in [3.05, 3.63) is 22.4 Å². The summed E-state index contributed by atoms with van der Waals surface area (Å²) in [6.45, 7) is 0.177. The number of hydrogen-bond donors (Lipinski definition) is 3. The Labute approximate surface area is 103 Å².